The highest BCUT2D eigenvalue weighted by atomic mass is 16.3. The molecule has 1 unspecified atom stereocenters. The predicted octanol–water partition coefficient (Wildman–Crippen LogP) is 5.74. The number of aliphatic hydroxyl groups is 1. The molecule has 0 aliphatic rings. The third-order valence-electron chi connectivity index (χ3n) is 4.41. The van der Waals surface area contributed by atoms with E-state index in [1.165, 1.54) is 83.5 Å². The van der Waals surface area contributed by atoms with Crippen LogP contribution in [-0.2, 0) is 0 Å². The summed E-state index contributed by atoms with van der Waals surface area (Å²) in [6.45, 7) is 2.28. The van der Waals surface area contributed by atoms with Gasteiger partial charge in [0, 0.05) is 0 Å². The lowest BCUT2D eigenvalue weighted by atomic mass is 10.0. The summed E-state index contributed by atoms with van der Waals surface area (Å²) >= 11 is 0. The Labute approximate surface area is 134 Å². The minimum atomic E-state index is -0.248. The van der Waals surface area contributed by atoms with E-state index < -0.39 is 0 Å². The van der Waals surface area contributed by atoms with Crippen LogP contribution in [0.25, 0.3) is 0 Å². The molecule has 0 amide bonds. The van der Waals surface area contributed by atoms with E-state index in [0.717, 1.165) is 12.8 Å². The largest absolute Gasteiger partial charge is 0.378 e. The first-order valence-corrected chi connectivity index (χ1v) is 9.53. The molecule has 0 fully saturated rings. The molecule has 0 radical (unpaired) electrons. The van der Waals surface area contributed by atoms with Gasteiger partial charge in [0.2, 0.25) is 0 Å². The number of unbranched alkanes of at least 4 members (excludes halogenated alkanes) is 13. The zero-order chi connectivity index (χ0) is 15.8. The van der Waals surface area contributed by atoms with Gasteiger partial charge in [0.05, 0.1) is 0 Å². The van der Waals surface area contributed by atoms with Gasteiger partial charge in [0.1, 0.15) is 6.23 Å². The molecule has 21 heavy (non-hydrogen) atoms. The van der Waals surface area contributed by atoms with Crippen LogP contribution in [0.4, 0.5) is 0 Å². The molecule has 0 aliphatic heterocycles. The molecular formula is C19H41NO. The molecule has 1 atom stereocenters. The maximum absolute atomic E-state index is 9.64. The lowest BCUT2D eigenvalue weighted by molar-refractivity contribution is 0.0313. The van der Waals surface area contributed by atoms with Crippen molar-refractivity contribution < 1.29 is 5.11 Å². The summed E-state index contributed by atoms with van der Waals surface area (Å²) in [5.41, 5.74) is 0. The third-order valence-corrected chi connectivity index (χ3v) is 4.41. The van der Waals surface area contributed by atoms with Crippen LogP contribution in [0.1, 0.15) is 103 Å². The number of nitrogens with zero attached hydrogens (tertiary/aromatic N) is 1. The lowest BCUT2D eigenvalue weighted by Gasteiger charge is -2.17. The second-order valence-corrected chi connectivity index (χ2v) is 6.83. The van der Waals surface area contributed by atoms with Gasteiger partial charge in [-0.3, -0.25) is 4.90 Å². The van der Waals surface area contributed by atoms with Crippen LogP contribution in [0.3, 0.4) is 0 Å². The van der Waals surface area contributed by atoms with Gasteiger partial charge < -0.3 is 5.11 Å². The van der Waals surface area contributed by atoms with Crippen molar-refractivity contribution in [1.82, 2.24) is 4.90 Å². The summed E-state index contributed by atoms with van der Waals surface area (Å²) in [5.74, 6) is 0. The Morgan fingerprint density at radius 1 is 0.619 bits per heavy atom. The van der Waals surface area contributed by atoms with Crippen LogP contribution in [0.5, 0.6) is 0 Å². The lowest BCUT2D eigenvalue weighted by Crippen LogP contribution is -2.27. The van der Waals surface area contributed by atoms with Crippen LogP contribution >= 0.6 is 0 Å². The van der Waals surface area contributed by atoms with E-state index in [0.29, 0.717) is 0 Å². The first-order valence-electron chi connectivity index (χ1n) is 9.53. The van der Waals surface area contributed by atoms with E-state index in [-0.39, 0.29) is 6.23 Å². The molecule has 0 bridgehead atoms. The van der Waals surface area contributed by atoms with E-state index in [9.17, 15) is 5.11 Å². The summed E-state index contributed by atoms with van der Waals surface area (Å²) in [4.78, 5) is 1.89. The van der Waals surface area contributed by atoms with Crippen LogP contribution < -0.4 is 0 Å². The molecular weight excluding hydrogens is 258 g/mol. The molecule has 0 rings (SSSR count). The Morgan fingerprint density at radius 2 is 0.952 bits per heavy atom. The van der Waals surface area contributed by atoms with Gasteiger partial charge >= 0.3 is 0 Å². The van der Waals surface area contributed by atoms with Gasteiger partial charge in [0.15, 0.2) is 0 Å². The first kappa shape index (κ1) is 20.9. The van der Waals surface area contributed by atoms with Crippen LogP contribution in [0, 0.1) is 0 Å². The molecule has 0 aromatic carbocycles. The van der Waals surface area contributed by atoms with Crippen molar-refractivity contribution in [2.45, 2.75) is 109 Å². The van der Waals surface area contributed by atoms with Gasteiger partial charge in [-0.1, -0.05) is 90.4 Å². The molecule has 1 N–H and O–H groups in total. The summed E-state index contributed by atoms with van der Waals surface area (Å²) in [6.07, 6.45) is 20.1. The van der Waals surface area contributed by atoms with Crippen molar-refractivity contribution in [1.29, 1.82) is 0 Å². The fraction of sp³-hybridized carbons (Fsp3) is 1.00. The molecule has 2 heteroatoms. The van der Waals surface area contributed by atoms with Crippen molar-refractivity contribution >= 4 is 0 Å². The second kappa shape index (κ2) is 16.3. The van der Waals surface area contributed by atoms with Crippen LogP contribution in [0.2, 0.25) is 0 Å². The van der Waals surface area contributed by atoms with E-state index in [2.05, 4.69) is 6.92 Å². The quantitative estimate of drug-likeness (QED) is 0.290. The topological polar surface area (TPSA) is 23.5 Å². The fourth-order valence-corrected chi connectivity index (χ4v) is 2.78. The Morgan fingerprint density at radius 3 is 1.29 bits per heavy atom. The smallest absolute Gasteiger partial charge is 0.106 e. The standard InChI is InChI=1S/C19H41NO/c1-4-5-6-7-8-9-10-11-12-13-14-15-16-17-18-19(21)20(2)3/h19,21H,4-18H2,1-3H3. The maximum atomic E-state index is 9.64. The zero-order valence-corrected chi connectivity index (χ0v) is 15.1. The van der Waals surface area contributed by atoms with Crippen molar-refractivity contribution in [3.63, 3.8) is 0 Å². The van der Waals surface area contributed by atoms with Crippen molar-refractivity contribution in [2.75, 3.05) is 14.1 Å². The van der Waals surface area contributed by atoms with Crippen LogP contribution in [-0.4, -0.2) is 30.3 Å². The zero-order valence-electron chi connectivity index (χ0n) is 15.1. The Hall–Kier alpha value is -0.0800. The Kier molecular flexibility index (Phi) is 16.2. The predicted molar refractivity (Wildman–Crippen MR) is 94.6 cm³/mol. The highest BCUT2D eigenvalue weighted by Gasteiger charge is 2.04. The summed E-state index contributed by atoms with van der Waals surface area (Å²) < 4.78 is 0. The van der Waals surface area contributed by atoms with E-state index >= 15 is 0 Å². The van der Waals surface area contributed by atoms with Crippen LogP contribution in [0.15, 0.2) is 0 Å². The van der Waals surface area contributed by atoms with E-state index in [1.807, 2.05) is 19.0 Å². The molecule has 0 aliphatic carbocycles. The SMILES string of the molecule is CCCCCCCCCCCCCCCCC(O)N(C)C. The summed E-state index contributed by atoms with van der Waals surface area (Å²) in [7, 11) is 3.88. The number of hydrogen-bond donors (Lipinski definition) is 1. The monoisotopic (exact) mass is 299 g/mol. The molecule has 0 saturated carbocycles. The average molecular weight is 300 g/mol. The summed E-state index contributed by atoms with van der Waals surface area (Å²) in [6, 6.07) is 0. The fourth-order valence-electron chi connectivity index (χ4n) is 2.78. The van der Waals surface area contributed by atoms with E-state index in [1.54, 1.807) is 0 Å². The number of rotatable bonds is 16. The van der Waals surface area contributed by atoms with Gasteiger partial charge in [0.25, 0.3) is 0 Å². The van der Waals surface area contributed by atoms with Gasteiger partial charge in [-0.25, -0.2) is 0 Å². The van der Waals surface area contributed by atoms with Gasteiger partial charge in [-0.2, -0.15) is 0 Å². The Bertz CT molecular complexity index is 194. The molecule has 0 saturated heterocycles. The third kappa shape index (κ3) is 16.1. The molecule has 0 aromatic heterocycles. The molecule has 0 heterocycles. The normalized spacial score (nSPS) is 13.0. The summed E-state index contributed by atoms with van der Waals surface area (Å²) in [5, 5.41) is 9.64. The second-order valence-electron chi connectivity index (χ2n) is 6.83. The molecule has 128 valence electrons. The maximum Gasteiger partial charge on any atom is 0.106 e. The van der Waals surface area contributed by atoms with Crippen molar-refractivity contribution in [3.05, 3.63) is 0 Å². The van der Waals surface area contributed by atoms with Gasteiger partial charge in [-0.15, -0.1) is 0 Å². The van der Waals surface area contributed by atoms with E-state index in [4.69, 9.17) is 0 Å². The molecule has 0 spiro atoms. The first-order chi connectivity index (χ1) is 10.2. The highest BCUT2D eigenvalue weighted by molar-refractivity contribution is 4.53. The van der Waals surface area contributed by atoms with Crippen molar-refractivity contribution in [2.24, 2.45) is 0 Å². The minimum absolute atomic E-state index is 0.248. The number of aliphatic hydroxyl groups excluding tert-OH is 1. The van der Waals surface area contributed by atoms with Gasteiger partial charge in [-0.05, 0) is 26.9 Å². The number of hydrogen-bond acceptors (Lipinski definition) is 2. The highest BCUT2D eigenvalue weighted by Crippen LogP contribution is 2.13. The molecule has 2 nitrogen and oxygen atoms in total. The Balaban J connectivity index is 3.03. The average Bonchev–Trinajstić information content (AvgIpc) is 2.47. The molecule has 0 aromatic rings. The minimum Gasteiger partial charge on any atom is -0.378 e. The van der Waals surface area contributed by atoms with Crippen molar-refractivity contribution in [3.8, 4) is 0 Å².